The molecule has 0 bridgehead atoms. The van der Waals surface area contributed by atoms with Gasteiger partial charge in [0.1, 0.15) is 0 Å². The van der Waals surface area contributed by atoms with Crippen LogP contribution in [0.2, 0.25) is 0 Å². The quantitative estimate of drug-likeness (QED) is 0.410. The fourth-order valence-corrected chi connectivity index (χ4v) is 9.16. The highest BCUT2D eigenvalue weighted by atomic mass is 16.3. The van der Waals surface area contributed by atoms with Gasteiger partial charge in [0.05, 0.1) is 12.6 Å². The number of hydrogen-bond donors (Lipinski definition) is 2. The second-order valence-electron chi connectivity index (χ2n) is 12.2. The number of carbonyl (C=O) groups excluding carboxylic acids is 1. The van der Waals surface area contributed by atoms with E-state index in [1.54, 1.807) is 6.08 Å². The largest absolute Gasteiger partial charge is 0.393 e. The molecule has 4 fully saturated rings. The van der Waals surface area contributed by atoms with Crippen LogP contribution in [0.15, 0.2) is 12.2 Å². The number of allylic oxidation sites excluding steroid dienone is 1. The number of fused-ring (bicyclic) bond motifs is 5. The van der Waals surface area contributed by atoms with Crippen LogP contribution in [0.5, 0.6) is 0 Å². The summed E-state index contributed by atoms with van der Waals surface area (Å²) in [7, 11) is 0. The Kier molecular flexibility index (Phi) is 7.11. The van der Waals surface area contributed by atoms with E-state index in [1.807, 2.05) is 6.08 Å². The van der Waals surface area contributed by atoms with Gasteiger partial charge in [-0.2, -0.15) is 0 Å². The van der Waals surface area contributed by atoms with E-state index in [-0.39, 0.29) is 12.0 Å². The second kappa shape index (κ2) is 9.54. The fraction of sp³-hybridized carbons (Fsp3) is 0.828. The van der Waals surface area contributed by atoms with Crippen molar-refractivity contribution in [2.24, 2.45) is 46.3 Å². The van der Waals surface area contributed by atoms with E-state index in [4.69, 9.17) is 6.42 Å². The molecule has 4 rings (SSSR count). The van der Waals surface area contributed by atoms with Crippen LogP contribution in [0.1, 0.15) is 91.4 Å². The first kappa shape index (κ1) is 23.9. The molecule has 32 heavy (non-hydrogen) atoms. The summed E-state index contributed by atoms with van der Waals surface area (Å²) in [6.45, 7) is 7.97. The molecule has 9 atom stereocenters. The topological polar surface area (TPSA) is 49.3 Å². The number of rotatable bonds is 6. The summed E-state index contributed by atoms with van der Waals surface area (Å²) < 4.78 is 0. The van der Waals surface area contributed by atoms with Crippen LogP contribution in [0.4, 0.5) is 0 Å². The molecule has 178 valence electrons. The van der Waals surface area contributed by atoms with E-state index in [0.717, 1.165) is 55.3 Å². The Bertz CT molecular complexity index is 753. The highest BCUT2D eigenvalue weighted by molar-refractivity contribution is 5.87. The minimum Gasteiger partial charge on any atom is -0.393 e. The van der Waals surface area contributed by atoms with E-state index in [2.05, 4.69) is 32.0 Å². The van der Waals surface area contributed by atoms with Crippen LogP contribution in [0, 0.1) is 58.7 Å². The van der Waals surface area contributed by atoms with E-state index >= 15 is 0 Å². The Morgan fingerprint density at radius 2 is 1.88 bits per heavy atom. The number of amides is 1. The molecule has 3 heteroatoms. The van der Waals surface area contributed by atoms with Crippen molar-refractivity contribution in [1.82, 2.24) is 5.32 Å². The third-order valence-corrected chi connectivity index (χ3v) is 10.8. The van der Waals surface area contributed by atoms with Gasteiger partial charge in [0, 0.05) is 0 Å². The molecule has 4 aliphatic rings. The molecule has 2 N–H and O–H groups in total. The van der Waals surface area contributed by atoms with Gasteiger partial charge in [-0.3, -0.25) is 4.79 Å². The molecule has 0 aromatic rings. The van der Waals surface area contributed by atoms with Crippen molar-refractivity contribution in [3.63, 3.8) is 0 Å². The maximum absolute atomic E-state index is 11.7. The molecule has 0 aliphatic heterocycles. The number of carbonyl (C=O) groups is 1. The molecule has 0 radical (unpaired) electrons. The minimum atomic E-state index is -0.0823. The van der Waals surface area contributed by atoms with Crippen molar-refractivity contribution in [2.75, 3.05) is 6.54 Å². The molecule has 3 nitrogen and oxygen atoms in total. The van der Waals surface area contributed by atoms with Crippen LogP contribution in [-0.2, 0) is 4.79 Å². The third kappa shape index (κ3) is 4.29. The normalized spacial score (nSPS) is 44.2. The minimum absolute atomic E-state index is 0.0485. The van der Waals surface area contributed by atoms with Crippen molar-refractivity contribution in [1.29, 1.82) is 0 Å². The number of nitrogens with one attached hydrogen (secondary N) is 1. The smallest absolute Gasteiger partial charge is 0.244 e. The number of terminal acetylenes is 1. The van der Waals surface area contributed by atoms with Gasteiger partial charge in [0.2, 0.25) is 5.91 Å². The summed E-state index contributed by atoms with van der Waals surface area (Å²) in [4.78, 5) is 11.7. The molecular formula is C29H45NO2. The molecule has 0 spiro atoms. The molecule has 4 saturated carbocycles. The average molecular weight is 440 g/mol. The van der Waals surface area contributed by atoms with Gasteiger partial charge in [-0.15, -0.1) is 6.42 Å². The third-order valence-electron chi connectivity index (χ3n) is 10.8. The SMILES string of the molecule is C#CCNC(=O)C=CCCC(C)C1CCC2C3CCC4CC(O)CCC4(C)C3CCC12C. The predicted molar refractivity (Wildman–Crippen MR) is 131 cm³/mol. The summed E-state index contributed by atoms with van der Waals surface area (Å²) in [5, 5.41) is 13.0. The van der Waals surface area contributed by atoms with Crippen LogP contribution >= 0.6 is 0 Å². The lowest BCUT2D eigenvalue weighted by Crippen LogP contribution is -2.54. The van der Waals surface area contributed by atoms with Gasteiger partial charge in [0.15, 0.2) is 0 Å². The van der Waals surface area contributed by atoms with Gasteiger partial charge in [-0.05, 0) is 123 Å². The van der Waals surface area contributed by atoms with Gasteiger partial charge in [-0.25, -0.2) is 0 Å². The number of hydrogen-bond acceptors (Lipinski definition) is 2. The van der Waals surface area contributed by atoms with Gasteiger partial charge < -0.3 is 10.4 Å². The first-order chi connectivity index (χ1) is 15.3. The Labute approximate surface area is 196 Å². The average Bonchev–Trinajstić information content (AvgIpc) is 3.13. The van der Waals surface area contributed by atoms with Crippen molar-refractivity contribution in [3.05, 3.63) is 12.2 Å². The molecule has 4 aliphatic carbocycles. The molecule has 0 aromatic carbocycles. The van der Waals surface area contributed by atoms with Crippen molar-refractivity contribution in [2.45, 2.75) is 97.5 Å². The van der Waals surface area contributed by atoms with Gasteiger partial charge >= 0.3 is 0 Å². The molecule has 0 aromatic heterocycles. The summed E-state index contributed by atoms with van der Waals surface area (Å²) >= 11 is 0. The number of aliphatic hydroxyl groups is 1. The first-order valence-corrected chi connectivity index (χ1v) is 13.4. The predicted octanol–water partition coefficient (Wildman–Crippen LogP) is 5.73. The van der Waals surface area contributed by atoms with E-state index < -0.39 is 0 Å². The highest BCUT2D eigenvalue weighted by Crippen LogP contribution is 2.68. The van der Waals surface area contributed by atoms with Crippen LogP contribution in [0.3, 0.4) is 0 Å². The lowest BCUT2D eigenvalue weighted by atomic mass is 9.44. The molecule has 0 saturated heterocycles. The summed E-state index contributed by atoms with van der Waals surface area (Å²) in [6, 6.07) is 0. The Hall–Kier alpha value is -1.27. The summed E-state index contributed by atoms with van der Waals surface area (Å²) in [5.41, 5.74) is 0.962. The maximum atomic E-state index is 11.7. The van der Waals surface area contributed by atoms with E-state index in [0.29, 0.717) is 23.3 Å². The summed E-state index contributed by atoms with van der Waals surface area (Å²) in [6.07, 6.45) is 22.6. The standard InChI is InChI=1S/C29H45NO2/c1-5-18-30-27(32)9-7-6-8-20(2)24-12-13-25-23-11-10-21-19-22(31)14-16-28(21,3)26(23)15-17-29(24,25)4/h1,7,9,20-26,31H,6,8,10-19H2,2-4H3,(H,30,32). The zero-order chi connectivity index (χ0) is 22.9. The Balaban J connectivity index is 1.37. The summed E-state index contributed by atoms with van der Waals surface area (Å²) in [5.74, 6) is 7.30. The molecule has 9 unspecified atom stereocenters. The Morgan fingerprint density at radius 3 is 2.66 bits per heavy atom. The van der Waals surface area contributed by atoms with Gasteiger partial charge in [0.25, 0.3) is 0 Å². The van der Waals surface area contributed by atoms with Crippen LogP contribution in [0.25, 0.3) is 0 Å². The number of aliphatic hydroxyl groups excluding tert-OH is 1. The van der Waals surface area contributed by atoms with Crippen LogP contribution in [-0.4, -0.2) is 23.7 Å². The molecular weight excluding hydrogens is 394 g/mol. The zero-order valence-electron chi connectivity index (χ0n) is 20.6. The van der Waals surface area contributed by atoms with Crippen molar-refractivity contribution in [3.8, 4) is 12.3 Å². The van der Waals surface area contributed by atoms with Crippen LogP contribution < -0.4 is 5.32 Å². The van der Waals surface area contributed by atoms with Gasteiger partial charge in [-0.1, -0.05) is 32.8 Å². The Morgan fingerprint density at radius 1 is 1.12 bits per heavy atom. The first-order valence-electron chi connectivity index (χ1n) is 13.4. The van der Waals surface area contributed by atoms with E-state index in [1.165, 1.54) is 44.9 Å². The lowest BCUT2D eigenvalue weighted by molar-refractivity contribution is -0.129. The fourth-order valence-electron chi connectivity index (χ4n) is 9.16. The maximum Gasteiger partial charge on any atom is 0.244 e. The molecule has 0 heterocycles. The molecule has 1 amide bonds. The monoisotopic (exact) mass is 439 g/mol. The van der Waals surface area contributed by atoms with Crippen molar-refractivity contribution >= 4 is 5.91 Å². The highest BCUT2D eigenvalue weighted by Gasteiger charge is 2.60. The second-order valence-corrected chi connectivity index (χ2v) is 12.2. The van der Waals surface area contributed by atoms with E-state index in [9.17, 15) is 9.90 Å². The zero-order valence-corrected chi connectivity index (χ0v) is 20.6. The lowest BCUT2D eigenvalue weighted by Gasteiger charge is -2.61. The van der Waals surface area contributed by atoms with Crippen molar-refractivity contribution < 1.29 is 9.90 Å².